The molecule has 1 N–H and O–H groups in total. The molecule has 1 fully saturated rings. The molecule has 2 heterocycles. The smallest absolute Gasteiger partial charge is 0.269 e. The van der Waals surface area contributed by atoms with Gasteiger partial charge in [0.2, 0.25) is 5.91 Å². The number of aryl methyl sites for hydroxylation is 1. The van der Waals surface area contributed by atoms with Crippen molar-refractivity contribution in [1.29, 1.82) is 0 Å². The normalized spacial score (nSPS) is 17.4. The fourth-order valence-corrected chi connectivity index (χ4v) is 2.69. The Kier molecular flexibility index (Phi) is 4.01. The predicted molar refractivity (Wildman–Crippen MR) is 84.4 cm³/mol. The maximum absolute atomic E-state index is 12.2. The molecule has 0 radical (unpaired) electrons. The van der Waals surface area contributed by atoms with Crippen LogP contribution in [-0.4, -0.2) is 41.3 Å². The Balaban J connectivity index is 1.70. The van der Waals surface area contributed by atoms with Crippen molar-refractivity contribution >= 4 is 17.5 Å². The zero-order valence-corrected chi connectivity index (χ0v) is 13.0. The van der Waals surface area contributed by atoms with Crippen LogP contribution in [0, 0.1) is 0 Å². The zero-order chi connectivity index (χ0) is 16.4. The third-order valence-corrected chi connectivity index (χ3v) is 3.88. The summed E-state index contributed by atoms with van der Waals surface area (Å²) < 4.78 is 6.69. The van der Waals surface area contributed by atoms with Gasteiger partial charge in [0.1, 0.15) is 11.4 Å². The predicted octanol–water partition coefficient (Wildman–Crippen LogP) is 0.964. The first-order valence-corrected chi connectivity index (χ1v) is 7.32. The summed E-state index contributed by atoms with van der Waals surface area (Å²) in [6, 6.07) is 8.74. The SMILES string of the molecule is COc1cccc(N2CC(NC(=O)c3ccnn3C)CC2=O)c1. The van der Waals surface area contributed by atoms with E-state index in [9.17, 15) is 9.59 Å². The largest absolute Gasteiger partial charge is 0.497 e. The van der Waals surface area contributed by atoms with Gasteiger partial charge in [0, 0.05) is 38.0 Å². The Morgan fingerprint density at radius 2 is 2.22 bits per heavy atom. The Bertz CT molecular complexity index is 740. The second kappa shape index (κ2) is 6.12. The average molecular weight is 314 g/mol. The summed E-state index contributed by atoms with van der Waals surface area (Å²) >= 11 is 0. The molecule has 0 bridgehead atoms. The van der Waals surface area contributed by atoms with Crippen molar-refractivity contribution in [3.63, 3.8) is 0 Å². The molecular formula is C16H18N4O3. The minimum absolute atomic E-state index is 0.0199. The number of rotatable bonds is 4. The molecule has 23 heavy (non-hydrogen) atoms. The first kappa shape index (κ1) is 15.1. The molecule has 2 aromatic rings. The highest BCUT2D eigenvalue weighted by Gasteiger charge is 2.32. The van der Waals surface area contributed by atoms with Crippen LogP contribution in [0.15, 0.2) is 36.5 Å². The molecule has 1 saturated heterocycles. The molecule has 1 aromatic carbocycles. The molecule has 1 atom stereocenters. The van der Waals surface area contributed by atoms with E-state index in [2.05, 4.69) is 10.4 Å². The Hall–Kier alpha value is -2.83. The number of amides is 2. The van der Waals surface area contributed by atoms with Crippen LogP contribution in [0.5, 0.6) is 5.75 Å². The summed E-state index contributed by atoms with van der Waals surface area (Å²) in [5.41, 5.74) is 1.24. The molecule has 3 rings (SSSR count). The Labute approximate surface area is 133 Å². The molecule has 0 aliphatic carbocycles. The van der Waals surface area contributed by atoms with Crippen LogP contribution >= 0.6 is 0 Å². The highest BCUT2D eigenvalue weighted by Crippen LogP contribution is 2.25. The number of benzene rings is 1. The maximum Gasteiger partial charge on any atom is 0.269 e. The summed E-state index contributed by atoms with van der Waals surface area (Å²) in [4.78, 5) is 26.1. The molecule has 0 spiro atoms. The van der Waals surface area contributed by atoms with Crippen LogP contribution in [0.3, 0.4) is 0 Å². The molecular weight excluding hydrogens is 296 g/mol. The van der Waals surface area contributed by atoms with E-state index in [-0.39, 0.29) is 24.3 Å². The van der Waals surface area contributed by atoms with Crippen molar-refractivity contribution in [2.45, 2.75) is 12.5 Å². The second-order valence-corrected chi connectivity index (χ2v) is 5.42. The topological polar surface area (TPSA) is 76.5 Å². The lowest BCUT2D eigenvalue weighted by molar-refractivity contribution is -0.117. The first-order valence-electron chi connectivity index (χ1n) is 7.32. The number of nitrogens with one attached hydrogen (secondary N) is 1. The molecule has 1 unspecified atom stereocenters. The van der Waals surface area contributed by atoms with Crippen molar-refractivity contribution in [3.8, 4) is 5.75 Å². The zero-order valence-electron chi connectivity index (χ0n) is 13.0. The van der Waals surface area contributed by atoms with Crippen LogP contribution in [-0.2, 0) is 11.8 Å². The van der Waals surface area contributed by atoms with E-state index in [0.717, 1.165) is 5.69 Å². The quantitative estimate of drug-likeness (QED) is 0.912. The van der Waals surface area contributed by atoms with Crippen molar-refractivity contribution in [1.82, 2.24) is 15.1 Å². The minimum Gasteiger partial charge on any atom is -0.497 e. The lowest BCUT2D eigenvalue weighted by atomic mass is 10.2. The van der Waals surface area contributed by atoms with Crippen LogP contribution < -0.4 is 15.0 Å². The van der Waals surface area contributed by atoms with Gasteiger partial charge >= 0.3 is 0 Å². The fourth-order valence-electron chi connectivity index (χ4n) is 2.69. The lowest BCUT2D eigenvalue weighted by Gasteiger charge is -2.18. The van der Waals surface area contributed by atoms with E-state index in [4.69, 9.17) is 4.74 Å². The van der Waals surface area contributed by atoms with Crippen molar-refractivity contribution in [3.05, 3.63) is 42.2 Å². The average Bonchev–Trinajstić information content (AvgIpc) is 3.13. The van der Waals surface area contributed by atoms with Gasteiger partial charge < -0.3 is 15.0 Å². The number of ether oxygens (including phenoxy) is 1. The van der Waals surface area contributed by atoms with Gasteiger partial charge in [-0.3, -0.25) is 14.3 Å². The highest BCUT2D eigenvalue weighted by molar-refractivity contribution is 5.98. The minimum atomic E-state index is -0.227. The molecule has 0 saturated carbocycles. The van der Waals surface area contributed by atoms with Crippen molar-refractivity contribution in [2.24, 2.45) is 7.05 Å². The molecule has 1 aromatic heterocycles. The number of carbonyl (C=O) groups is 2. The molecule has 7 heteroatoms. The molecule has 2 amide bonds. The summed E-state index contributed by atoms with van der Waals surface area (Å²) in [7, 11) is 3.29. The number of carbonyl (C=O) groups excluding carboxylic acids is 2. The van der Waals surface area contributed by atoms with E-state index in [1.54, 1.807) is 31.3 Å². The fraction of sp³-hybridized carbons (Fsp3) is 0.312. The first-order chi connectivity index (χ1) is 11.1. The Morgan fingerprint density at radius 1 is 1.39 bits per heavy atom. The third kappa shape index (κ3) is 3.03. The highest BCUT2D eigenvalue weighted by atomic mass is 16.5. The third-order valence-electron chi connectivity index (χ3n) is 3.88. The van der Waals surface area contributed by atoms with E-state index < -0.39 is 0 Å². The number of nitrogens with zero attached hydrogens (tertiary/aromatic N) is 3. The van der Waals surface area contributed by atoms with Crippen LogP contribution in [0.25, 0.3) is 0 Å². The van der Waals surface area contributed by atoms with Crippen LogP contribution in [0.2, 0.25) is 0 Å². The monoisotopic (exact) mass is 314 g/mol. The molecule has 7 nitrogen and oxygen atoms in total. The number of hydrogen-bond acceptors (Lipinski definition) is 4. The molecule has 120 valence electrons. The summed E-state index contributed by atoms with van der Waals surface area (Å²) in [6.45, 7) is 0.440. The van der Waals surface area contributed by atoms with Crippen LogP contribution in [0.1, 0.15) is 16.9 Å². The van der Waals surface area contributed by atoms with Gasteiger partial charge in [-0.15, -0.1) is 0 Å². The van der Waals surface area contributed by atoms with E-state index in [1.165, 1.54) is 4.68 Å². The van der Waals surface area contributed by atoms with Crippen molar-refractivity contribution < 1.29 is 14.3 Å². The number of anilines is 1. The summed E-state index contributed by atoms with van der Waals surface area (Å²) in [5, 5.41) is 6.86. The van der Waals surface area contributed by atoms with Gasteiger partial charge in [0.15, 0.2) is 0 Å². The van der Waals surface area contributed by atoms with E-state index in [1.807, 2.05) is 24.3 Å². The Morgan fingerprint density at radius 3 is 2.91 bits per heavy atom. The molecule has 1 aliphatic heterocycles. The number of hydrogen-bond donors (Lipinski definition) is 1. The summed E-state index contributed by atoms with van der Waals surface area (Å²) in [6.07, 6.45) is 1.85. The van der Waals surface area contributed by atoms with Crippen molar-refractivity contribution in [2.75, 3.05) is 18.6 Å². The molecule has 1 aliphatic rings. The van der Waals surface area contributed by atoms with Gasteiger partial charge in [-0.25, -0.2) is 0 Å². The standard InChI is InChI=1S/C16H18N4O3/c1-19-14(6-7-17-19)16(22)18-11-8-15(21)20(10-11)12-4-3-5-13(9-12)23-2/h3-7,9,11H,8,10H2,1-2H3,(H,18,22). The van der Waals surface area contributed by atoms with Gasteiger partial charge in [-0.05, 0) is 18.2 Å². The van der Waals surface area contributed by atoms with E-state index in [0.29, 0.717) is 18.0 Å². The summed E-state index contributed by atoms with van der Waals surface area (Å²) in [5.74, 6) is 0.446. The van der Waals surface area contributed by atoms with Gasteiger partial charge in [-0.1, -0.05) is 6.07 Å². The number of methoxy groups -OCH3 is 1. The maximum atomic E-state index is 12.2. The van der Waals surface area contributed by atoms with Gasteiger partial charge in [-0.2, -0.15) is 5.10 Å². The second-order valence-electron chi connectivity index (χ2n) is 5.42. The van der Waals surface area contributed by atoms with Crippen LogP contribution in [0.4, 0.5) is 5.69 Å². The van der Waals surface area contributed by atoms with Gasteiger partial charge in [0.25, 0.3) is 5.91 Å². The lowest BCUT2D eigenvalue weighted by Crippen LogP contribution is -2.38. The van der Waals surface area contributed by atoms with E-state index >= 15 is 0 Å². The number of aromatic nitrogens is 2. The van der Waals surface area contributed by atoms with Gasteiger partial charge in [0.05, 0.1) is 13.2 Å².